The third kappa shape index (κ3) is 4.48. The summed E-state index contributed by atoms with van der Waals surface area (Å²) in [6, 6.07) is 4.35. The molecule has 0 bridgehead atoms. The summed E-state index contributed by atoms with van der Waals surface area (Å²) in [7, 11) is -2.23. The van der Waals surface area contributed by atoms with Crippen LogP contribution in [0.3, 0.4) is 0 Å². The fourth-order valence-electron chi connectivity index (χ4n) is 1.32. The van der Waals surface area contributed by atoms with Gasteiger partial charge in [-0.15, -0.1) is 0 Å². The number of rotatable bonds is 6. The summed E-state index contributed by atoms with van der Waals surface area (Å²) < 4.78 is 31.6. The average Bonchev–Trinajstić information content (AvgIpc) is 2.37. The molecule has 0 atom stereocenters. The first-order chi connectivity index (χ1) is 8.90. The van der Waals surface area contributed by atoms with E-state index in [9.17, 15) is 13.2 Å². The van der Waals surface area contributed by atoms with Gasteiger partial charge in [-0.3, -0.25) is 4.79 Å². The van der Waals surface area contributed by atoms with Crippen molar-refractivity contribution < 1.29 is 17.9 Å². The van der Waals surface area contributed by atoms with Crippen LogP contribution in [-0.2, 0) is 14.8 Å². The van der Waals surface area contributed by atoms with Gasteiger partial charge in [0.2, 0.25) is 15.9 Å². The van der Waals surface area contributed by atoms with Crippen LogP contribution in [0, 0.1) is 0 Å². The number of carbonyl (C=O) groups is 1. The predicted octanol–water partition coefficient (Wildman–Crippen LogP) is 0.872. The number of methoxy groups -OCH3 is 1. The molecule has 0 radical (unpaired) electrons. The van der Waals surface area contributed by atoms with Crippen molar-refractivity contribution in [1.82, 2.24) is 10.0 Å². The summed E-state index contributed by atoms with van der Waals surface area (Å²) in [6.07, 6.45) is 0. The zero-order valence-electron chi connectivity index (χ0n) is 10.6. The van der Waals surface area contributed by atoms with Gasteiger partial charge in [-0.1, -0.05) is 0 Å². The lowest BCUT2D eigenvalue weighted by Gasteiger charge is -2.09. The Morgan fingerprint density at radius 3 is 2.63 bits per heavy atom. The normalized spacial score (nSPS) is 11.1. The van der Waals surface area contributed by atoms with Crippen molar-refractivity contribution in [2.45, 2.75) is 11.8 Å². The molecular formula is C11H15BrN2O4S. The van der Waals surface area contributed by atoms with E-state index < -0.39 is 10.0 Å². The van der Waals surface area contributed by atoms with Gasteiger partial charge >= 0.3 is 0 Å². The predicted molar refractivity (Wildman–Crippen MR) is 74.6 cm³/mol. The van der Waals surface area contributed by atoms with E-state index in [-0.39, 0.29) is 17.3 Å². The van der Waals surface area contributed by atoms with Crippen LogP contribution in [0.4, 0.5) is 0 Å². The summed E-state index contributed by atoms with van der Waals surface area (Å²) in [4.78, 5) is 11.3. The number of ether oxygens (including phenoxy) is 1. The molecule has 0 unspecified atom stereocenters. The minimum absolute atomic E-state index is 0.0597. The lowest BCUT2D eigenvalue weighted by Crippen LogP contribution is -2.36. The molecule has 0 fully saturated rings. The number of carbonyl (C=O) groups excluding carboxylic acids is 1. The van der Waals surface area contributed by atoms with Gasteiger partial charge in [0.25, 0.3) is 0 Å². The van der Waals surface area contributed by atoms with Crippen LogP contribution in [0.15, 0.2) is 27.6 Å². The highest BCUT2D eigenvalue weighted by atomic mass is 79.9. The van der Waals surface area contributed by atoms with Gasteiger partial charge in [0, 0.05) is 6.54 Å². The van der Waals surface area contributed by atoms with Crippen LogP contribution in [-0.4, -0.2) is 34.5 Å². The highest BCUT2D eigenvalue weighted by Gasteiger charge is 2.16. The zero-order chi connectivity index (χ0) is 14.5. The molecule has 0 aliphatic carbocycles. The monoisotopic (exact) mass is 350 g/mol. The van der Waals surface area contributed by atoms with Gasteiger partial charge in [0.05, 0.1) is 23.0 Å². The molecule has 6 nitrogen and oxygen atoms in total. The van der Waals surface area contributed by atoms with Gasteiger partial charge in [-0.2, -0.15) is 0 Å². The maximum atomic E-state index is 11.9. The van der Waals surface area contributed by atoms with Crippen molar-refractivity contribution in [2.24, 2.45) is 0 Å². The lowest BCUT2D eigenvalue weighted by molar-refractivity contribution is -0.119. The van der Waals surface area contributed by atoms with Gasteiger partial charge in [-0.25, -0.2) is 13.1 Å². The highest BCUT2D eigenvalue weighted by molar-refractivity contribution is 9.10. The van der Waals surface area contributed by atoms with Crippen LogP contribution >= 0.6 is 15.9 Å². The lowest BCUT2D eigenvalue weighted by atomic mass is 10.3. The third-order valence-electron chi connectivity index (χ3n) is 2.23. The topological polar surface area (TPSA) is 84.5 Å². The average molecular weight is 351 g/mol. The highest BCUT2D eigenvalue weighted by Crippen LogP contribution is 2.27. The van der Waals surface area contributed by atoms with E-state index in [1.54, 1.807) is 6.92 Å². The summed E-state index contributed by atoms with van der Waals surface area (Å²) in [6.45, 7) is 1.92. The van der Waals surface area contributed by atoms with Crippen molar-refractivity contribution in [3.8, 4) is 5.75 Å². The zero-order valence-corrected chi connectivity index (χ0v) is 13.0. The molecule has 0 heterocycles. The van der Waals surface area contributed by atoms with E-state index in [1.165, 1.54) is 25.3 Å². The molecular weight excluding hydrogens is 336 g/mol. The van der Waals surface area contributed by atoms with E-state index in [0.29, 0.717) is 16.8 Å². The first-order valence-corrected chi connectivity index (χ1v) is 7.78. The van der Waals surface area contributed by atoms with E-state index in [0.717, 1.165) is 0 Å². The maximum absolute atomic E-state index is 11.9. The van der Waals surface area contributed by atoms with E-state index >= 15 is 0 Å². The number of likely N-dealkylation sites (N-methyl/N-ethyl adjacent to an activating group) is 1. The van der Waals surface area contributed by atoms with Crippen LogP contribution in [0.5, 0.6) is 5.75 Å². The Bertz CT molecular complexity index is 560. The molecule has 106 valence electrons. The molecule has 1 rings (SSSR count). The SMILES string of the molecule is CCNC(=O)CNS(=O)(=O)c1ccc(OC)c(Br)c1. The van der Waals surface area contributed by atoms with Crippen molar-refractivity contribution in [3.63, 3.8) is 0 Å². The van der Waals surface area contributed by atoms with Crippen molar-refractivity contribution in [2.75, 3.05) is 20.2 Å². The maximum Gasteiger partial charge on any atom is 0.241 e. The molecule has 1 amide bonds. The number of hydrogen-bond donors (Lipinski definition) is 2. The standard InChI is InChI=1S/C11H15BrN2O4S/c1-3-13-11(15)7-14-19(16,17)8-4-5-10(18-2)9(12)6-8/h4-6,14H,3,7H2,1-2H3,(H,13,15). The first kappa shape index (κ1) is 15.9. The molecule has 0 aromatic heterocycles. The van der Waals surface area contributed by atoms with Gasteiger partial charge < -0.3 is 10.1 Å². The molecule has 1 aromatic rings. The van der Waals surface area contributed by atoms with Crippen molar-refractivity contribution in [3.05, 3.63) is 22.7 Å². The van der Waals surface area contributed by atoms with Gasteiger partial charge in [-0.05, 0) is 41.1 Å². The fourth-order valence-corrected chi connectivity index (χ4v) is 3.02. The number of nitrogens with one attached hydrogen (secondary N) is 2. The van der Waals surface area contributed by atoms with Crippen molar-refractivity contribution in [1.29, 1.82) is 0 Å². The summed E-state index contributed by atoms with van der Waals surface area (Å²) in [5.41, 5.74) is 0. The molecule has 1 aromatic carbocycles. The molecule has 8 heteroatoms. The first-order valence-electron chi connectivity index (χ1n) is 5.50. The Morgan fingerprint density at radius 1 is 1.42 bits per heavy atom. The Morgan fingerprint density at radius 2 is 2.11 bits per heavy atom. The second-order valence-corrected chi connectivity index (χ2v) is 6.20. The largest absolute Gasteiger partial charge is 0.496 e. The molecule has 2 N–H and O–H groups in total. The second-order valence-electron chi connectivity index (χ2n) is 3.57. The number of halogens is 1. The van der Waals surface area contributed by atoms with Crippen LogP contribution < -0.4 is 14.8 Å². The minimum atomic E-state index is -3.72. The molecule has 0 aliphatic rings. The Kier molecular flexibility index (Phi) is 5.77. The van der Waals surface area contributed by atoms with E-state index in [2.05, 4.69) is 26.0 Å². The van der Waals surface area contributed by atoms with Crippen LogP contribution in [0.2, 0.25) is 0 Å². The molecule has 0 saturated heterocycles. The number of sulfonamides is 1. The number of benzene rings is 1. The quantitative estimate of drug-likeness (QED) is 0.797. The van der Waals surface area contributed by atoms with Crippen LogP contribution in [0.25, 0.3) is 0 Å². The molecule has 0 spiro atoms. The van der Waals surface area contributed by atoms with Crippen LogP contribution in [0.1, 0.15) is 6.92 Å². The summed E-state index contributed by atoms with van der Waals surface area (Å²) >= 11 is 3.21. The van der Waals surface area contributed by atoms with Gasteiger partial charge in [0.1, 0.15) is 5.75 Å². The summed E-state index contributed by atoms with van der Waals surface area (Å²) in [5.74, 6) is 0.154. The minimum Gasteiger partial charge on any atom is -0.496 e. The van der Waals surface area contributed by atoms with E-state index in [4.69, 9.17) is 4.74 Å². The fraction of sp³-hybridized carbons (Fsp3) is 0.364. The summed E-state index contributed by atoms with van der Waals surface area (Å²) in [5, 5.41) is 2.50. The Hall–Kier alpha value is -1.12. The Balaban J connectivity index is 2.83. The third-order valence-corrected chi connectivity index (χ3v) is 4.25. The molecule has 19 heavy (non-hydrogen) atoms. The van der Waals surface area contributed by atoms with E-state index in [1.807, 2.05) is 0 Å². The smallest absolute Gasteiger partial charge is 0.241 e. The van der Waals surface area contributed by atoms with Crippen molar-refractivity contribution >= 4 is 31.9 Å². The Labute approximate surface area is 120 Å². The molecule has 0 aliphatic heterocycles. The number of amides is 1. The molecule has 0 saturated carbocycles. The van der Waals surface area contributed by atoms with Gasteiger partial charge in [0.15, 0.2) is 0 Å². The number of hydrogen-bond acceptors (Lipinski definition) is 4. The second kappa shape index (κ2) is 6.88.